The normalized spacial score (nSPS) is 19.0. The fraction of sp³-hybridized carbons (Fsp3) is 0.400. The monoisotopic (exact) mass is 371 g/mol. The summed E-state index contributed by atoms with van der Waals surface area (Å²) in [5.41, 5.74) is 0.413. The Labute approximate surface area is 134 Å². The molecule has 21 heavy (non-hydrogen) atoms. The molecule has 1 heterocycles. The topological polar surface area (TPSA) is 42.4 Å². The lowest BCUT2D eigenvalue weighted by Crippen LogP contribution is -2.40. The second-order valence-electron chi connectivity index (χ2n) is 5.65. The highest BCUT2D eigenvalue weighted by Gasteiger charge is 2.57. The minimum atomic E-state index is -1.09. The Hall–Kier alpha value is -0.980. The maximum atomic E-state index is 13.5. The summed E-state index contributed by atoms with van der Waals surface area (Å²) in [6, 6.07) is 4.58. The SMILES string of the molecule is CC1(C(O)(COc2ccc(Br)c(F)c2)c2cncs2)CC1. The average Bonchev–Trinajstić information content (AvgIpc) is 3.01. The number of aromatic nitrogens is 1. The molecule has 0 saturated heterocycles. The van der Waals surface area contributed by atoms with Gasteiger partial charge in [0.15, 0.2) is 0 Å². The van der Waals surface area contributed by atoms with Crippen LogP contribution in [0.2, 0.25) is 0 Å². The van der Waals surface area contributed by atoms with Crippen LogP contribution in [0.3, 0.4) is 0 Å². The summed E-state index contributed by atoms with van der Waals surface area (Å²) >= 11 is 4.52. The lowest BCUT2D eigenvalue weighted by Gasteiger charge is -2.33. The van der Waals surface area contributed by atoms with E-state index in [0.29, 0.717) is 10.2 Å². The third-order valence-corrected chi connectivity index (χ3v) is 5.74. The van der Waals surface area contributed by atoms with Gasteiger partial charge in [-0.1, -0.05) is 6.92 Å². The molecular formula is C15H15BrFNO2S. The molecule has 1 aliphatic rings. The van der Waals surface area contributed by atoms with Gasteiger partial charge < -0.3 is 9.84 Å². The zero-order chi connectivity index (χ0) is 15.1. The third-order valence-electron chi connectivity index (χ3n) is 4.18. The van der Waals surface area contributed by atoms with Crippen LogP contribution in [0, 0.1) is 11.2 Å². The van der Waals surface area contributed by atoms with E-state index in [4.69, 9.17) is 4.74 Å². The first-order chi connectivity index (χ1) is 9.95. The molecule has 3 nitrogen and oxygen atoms in total. The zero-order valence-corrected chi connectivity index (χ0v) is 13.9. The molecule has 6 heteroatoms. The van der Waals surface area contributed by atoms with Gasteiger partial charge in [0.05, 0.1) is 14.9 Å². The molecule has 1 atom stereocenters. The lowest BCUT2D eigenvalue weighted by molar-refractivity contribution is -0.0638. The zero-order valence-electron chi connectivity index (χ0n) is 11.5. The number of hydrogen-bond acceptors (Lipinski definition) is 4. The van der Waals surface area contributed by atoms with Crippen molar-refractivity contribution in [2.24, 2.45) is 5.41 Å². The first-order valence-electron chi connectivity index (χ1n) is 6.64. The van der Waals surface area contributed by atoms with Crippen molar-refractivity contribution in [2.75, 3.05) is 6.61 Å². The summed E-state index contributed by atoms with van der Waals surface area (Å²) in [6.07, 6.45) is 3.57. The molecule has 0 spiro atoms. The molecule has 2 aromatic rings. The number of ether oxygens (including phenoxy) is 1. The predicted molar refractivity (Wildman–Crippen MR) is 82.9 cm³/mol. The quantitative estimate of drug-likeness (QED) is 0.859. The highest BCUT2D eigenvalue weighted by atomic mass is 79.9. The molecule has 1 fully saturated rings. The summed E-state index contributed by atoms with van der Waals surface area (Å²) in [5.74, 6) is 0.0226. The molecule has 1 saturated carbocycles. The van der Waals surface area contributed by atoms with E-state index in [1.54, 1.807) is 23.8 Å². The molecule has 1 N–H and O–H groups in total. The highest BCUT2D eigenvalue weighted by molar-refractivity contribution is 9.10. The minimum Gasteiger partial charge on any atom is -0.490 e. The molecule has 3 rings (SSSR count). The second-order valence-corrected chi connectivity index (χ2v) is 7.39. The van der Waals surface area contributed by atoms with Gasteiger partial charge in [0, 0.05) is 17.7 Å². The van der Waals surface area contributed by atoms with Gasteiger partial charge in [0.1, 0.15) is 23.8 Å². The van der Waals surface area contributed by atoms with Gasteiger partial charge >= 0.3 is 0 Å². The number of aliphatic hydroxyl groups is 1. The van der Waals surface area contributed by atoms with Gasteiger partial charge in [-0.05, 0) is 40.9 Å². The Morgan fingerprint density at radius 2 is 2.29 bits per heavy atom. The van der Waals surface area contributed by atoms with Gasteiger partial charge in [0.2, 0.25) is 0 Å². The van der Waals surface area contributed by atoms with Crippen molar-refractivity contribution in [1.29, 1.82) is 0 Å². The summed E-state index contributed by atoms with van der Waals surface area (Å²) in [5, 5.41) is 11.1. The van der Waals surface area contributed by atoms with Crippen molar-refractivity contribution in [1.82, 2.24) is 4.98 Å². The number of nitrogens with zero attached hydrogens (tertiary/aromatic N) is 1. The van der Waals surface area contributed by atoms with E-state index in [1.165, 1.54) is 17.4 Å². The smallest absolute Gasteiger partial charge is 0.141 e. The van der Waals surface area contributed by atoms with Crippen LogP contribution in [0.1, 0.15) is 24.6 Å². The molecule has 112 valence electrons. The van der Waals surface area contributed by atoms with Crippen molar-refractivity contribution in [3.63, 3.8) is 0 Å². The predicted octanol–water partition coefficient (Wildman–Crippen LogP) is 4.11. The summed E-state index contributed by atoms with van der Waals surface area (Å²) in [7, 11) is 0. The highest BCUT2D eigenvalue weighted by Crippen LogP contribution is 2.58. The van der Waals surface area contributed by atoms with Crippen LogP contribution in [0.5, 0.6) is 5.75 Å². The molecule has 1 aromatic heterocycles. The molecular weight excluding hydrogens is 357 g/mol. The summed E-state index contributed by atoms with van der Waals surface area (Å²) in [4.78, 5) is 4.84. The maximum Gasteiger partial charge on any atom is 0.141 e. The largest absolute Gasteiger partial charge is 0.490 e. The van der Waals surface area contributed by atoms with Crippen LogP contribution in [-0.4, -0.2) is 16.7 Å². The first kappa shape index (κ1) is 14.9. The van der Waals surface area contributed by atoms with Crippen LogP contribution in [-0.2, 0) is 5.60 Å². The number of thiazole rings is 1. The molecule has 1 aromatic carbocycles. The lowest BCUT2D eigenvalue weighted by atomic mass is 9.85. The van der Waals surface area contributed by atoms with Crippen molar-refractivity contribution >= 4 is 27.3 Å². The van der Waals surface area contributed by atoms with Crippen molar-refractivity contribution in [2.45, 2.75) is 25.4 Å². The number of benzene rings is 1. The fourth-order valence-corrected chi connectivity index (χ4v) is 3.42. The fourth-order valence-electron chi connectivity index (χ4n) is 2.32. The van der Waals surface area contributed by atoms with Gasteiger partial charge in [-0.2, -0.15) is 0 Å². The summed E-state index contributed by atoms with van der Waals surface area (Å²) in [6.45, 7) is 2.13. The van der Waals surface area contributed by atoms with Crippen LogP contribution in [0.15, 0.2) is 34.4 Å². The van der Waals surface area contributed by atoms with Crippen LogP contribution in [0.4, 0.5) is 4.39 Å². The van der Waals surface area contributed by atoms with Crippen LogP contribution >= 0.6 is 27.3 Å². The Morgan fingerprint density at radius 1 is 1.52 bits per heavy atom. The van der Waals surface area contributed by atoms with Gasteiger partial charge in [-0.3, -0.25) is 4.98 Å². The van der Waals surface area contributed by atoms with E-state index in [9.17, 15) is 9.50 Å². The van der Waals surface area contributed by atoms with E-state index in [0.717, 1.165) is 17.7 Å². The van der Waals surface area contributed by atoms with E-state index in [1.807, 2.05) is 6.92 Å². The standard InChI is InChI=1S/C15H15BrFNO2S/c1-14(4-5-14)15(19,13-7-18-9-21-13)8-20-10-2-3-11(16)12(17)6-10/h2-3,6-7,9,19H,4-5,8H2,1H3. The van der Waals surface area contributed by atoms with Crippen molar-refractivity contribution in [3.8, 4) is 5.75 Å². The molecule has 0 aliphatic heterocycles. The van der Waals surface area contributed by atoms with E-state index >= 15 is 0 Å². The average molecular weight is 372 g/mol. The third kappa shape index (κ3) is 2.72. The van der Waals surface area contributed by atoms with E-state index < -0.39 is 5.60 Å². The van der Waals surface area contributed by atoms with Gasteiger partial charge in [-0.15, -0.1) is 11.3 Å². The van der Waals surface area contributed by atoms with Gasteiger partial charge in [-0.25, -0.2) is 4.39 Å². The van der Waals surface area contributed by atoms with Crippen LogP contribution in [0.25, 0.3) is 0 Å². The molecule has 0 radical (unpaired) electrons. The number of hydrogen-bond donors (Lipinski definition) is 1. The first-order valence-corrected chi connectivity index (χ1v) is 8.31. The Bertz CT molecular complexity index is 645. The Kier molecular flexibility index (Phi) is 3.80. The molecule has 0 bridgehead atoms. The van der Waals surface area contributed by atoms with Crippen LogP contribution < -0.4 is 4.74 Å². The maximum absolute atomic E-state index is 13.5. The van der Waals surface area contributed by atoms with Crippen molar-refractivity contribution in [3.05, 3.63) is 45.1 Å². The number of halogens is 2. The van der Waals surface area contributed by atoms with E-state index in [-0.39, 0.29) is 17.8 Å². The molecule has 1 unspecified atom stereocenters. The molecule has 1 aliphatic carbocycles. The Balaban J connectivity index is 1.81. The van der Waals surface area contributed by atoms with Gasteiger partial charge in [0.25, 0.3) is 0 Å². The molecule has 0 amide bonds. The summed E-state index contributed by atoms with van der Waals surface area (Å²) < 4.78 is 19.6. The second kappa shape index (κ2) is 5.34. The minimum absolute atomic E-state index is 0.0900. The van der Waals surface area contributed by atoms with E-state index in [2.05, 4.69) is 20.9 Å². The number of rotatable bonds is 5. The Morgan fingerprint density at radius 3 is 2.86 bits per heavy atom. The van der Waals surface area contributed by atoms with Crippen molar-refractivity contribution < 1.29 is 14.2 Å².